The maximum atomic E-state index is 12.2. The summed E-state index contributed by atoms with van der Waals surface area (Å²) in [6.45, 7) is 0.790. The van der Waals surface area contributed by atoms with Crippen molar-refractivity contribution in [2.24, 2.45) is 0 Å². The van der Waals surface area contributed by atoms with E-state index in [9.17, 15) is 13.2 Å². The maximum absolute atomic E-state index is 12.2. The molecule has 0 aliphatic carbocycles. The first kappa shape index (κ1) is 17.1. The molecule has 0 aliphatic rings. The molecule has 0 aliphatic heterocycles. The number of aliphatic hydroxyl groups excluding tert-OH is 2. The number of hydrogen-bond acceptors (Lipinski definition) is 4. The Morgan fingerprint density at radius 3 is 2.45 bits per heavy atom. The van der Waals surface area contributed by atoms with Gasteiger partial charge in [-0.3, -0.25) is 0 Å². The summed E-state index contributed by atoms with van der Waals surface area (Å²) in [5, 5.41) is 18.0. The van der Waals surface area contributed by atoms with E-state index >= 15 is 0 Å². The zero-order chi connectivity index (χ0) is 15.3. The molecule has 1 unspecified atom stereocenters. The number of hydrogen-bond donors (Lipinski definition) is 2. The Balaban J connectivity index is 2.93. The monoisotopic (exact) mass is 358 g/mol. The lowest BCUT2D eigenvalue weighted by molar-refractivity contribution is -0.210. The minimum absolute atomic E-state index is 0.0485. The highest BCUT2D eigenvalue weighted by Gasteiger charge is 2.39. The minimum atomic E-state index is -4.75. The standard InChI is InChI=1S/C12H14BrF3O4/c1-2-19-9-4-7(5-17)3-8(13)11(9)20-6-10(18)12(14,15)16/h3-4,10,17-18H,2,5-6H2,1H3. The maximum Gasteiger partial charge on any atom is 0.417 e. The summed E-state index contributed by atoms with van der Waals surface area (Å²) >= 11 is 3.13. The van der Waals surface area contributed by atoms with Crippen molar-refractivity contribution in [3.05, 3.63) is 22.2 Å². The molecule has 0 fully saturated rings. The van der Waals surface area contributed by atoms with Crippen LogP contribution in [0.5, 0.6) is 11.5 Å². The normalized spacial score (nSPS) is 13.2. The summed E-state index contributed by atoms with van der Waals surface area (Å²) in [5.41, 5.74) is 0.518. The van der Waals surface area contributed by atoms with E-state index in [2.05, 4.69) is 15.9 Å². The zero-order valence-electron chi connectivity index (χ0n) is 10.6. The van der Waals surface area contributed by atoms with Gasteiger partial charge >= 0.3 is 6.18 Å². The highest BCUT2D eigenvalue weighted by atomic mass is 79.9. The molecule has 0 spiro atoms. The van der Waals surface area contributed by atoms with Crippen molar-refractivity contribution in [3.63, 3.8) is 0 Å². The molecular formula is C12H14BrF3O4. The van der Waals surface area contributed by atoms with E-state index in [1.54, 1.807) is 6.92 Å². The van der Waals surface area contributed by atoms with Gasteiger partial charge in [0, 0.05) is 0 Å². The number of benzene rings is 1. The van der Waals surface area contributed by atoms with Gasteiger partial charge in [-0.05, 0) is 40.5 Å². The van der Waals surface area contributed by atoms with Crippen LogP contribution in [0.15, 0.2) is 16.6 Å². The van der Waals surface area contributed by atoms with Crippen molar-refractivity contribution in [3.8, 4) is 11.5 Å². The van der Waals surface area contributed by atoms with Crippen LogP contribution in [0.2, 0.25) is 0 Å². The second-order valence-electron chi connectivity index (χ2n) is 3.86. The lowest BCUT2D eigenvalue weighted by Gasteiger charge is -2.18. The fraction of sp³-hybridized carbons (Fsp3) is 0.500. The predicted molar refractivity (Wildman–Crippen MR) is 68.8 cm³/mol. The Kier molecular flexibility index (Phi) is 6.09. The highest BCUT2D eigenvalue weighted by molar-refractivity contribution is 9.10. The van der Waals surface area contributed by atoms with Gasteiger partial charge in [-0.15, -0.1) is 0 Å². The molecule has 1 rings (SSSR count). The molecule has 8 heteroatoms. The van der Waals surface area contributed by atoms with Crippen molar-refractivity contribution < 1.29 is 32.9 Å². The van der Waals surface area contributed by atoms with E-state index < -0.39 is 18.9 Å². The van der Waals surface area contributed by atoms with Crippen LogP contribution >= 0.6 is 15.9 Å². The summed E-state index contributed by atoms with van der Waals surface area (Å²) in [7, 11) is 0. The number of alkyl halides is 3. The summed E-state index contributed by atoms with van der Waals surface area (Å²) in [5.74, 6) is 0.243. The van der Waals surface area contributed by atoms with Crippen LogP contribution in [-0.2, 0) is 6.61 Å². The molecule has 114 valence electrons. The number of halogens is 4. The molecular weight excluding hydrogens is 345 g/mol. The number of aliphatic hydroxyl groups is 2. The number of rotatable bonds is 6. The molecule has 0 amide bonds. The van der Waals surface area contributed by atoms with E-state index in [0.29, 0.717) is 10.0 Å². The SMILES string of the molecule is CCOc1cc(CO)cc(Br)c1OCC(O)C(F)(F)F. The second kappa shape index (κ2) is 7.14. The molecule has 0 saturated heterocycles. The summed E-state index contributed by atoms with van der Waals surface area (Å²) in [4.78, 5) is 0. The Morgan fingerprint density at radius 1 is 1.30 bits per heavy atom. The van der Waals surface area contributed by atoms with Crippen LogP contribution in [0, 0.1) is 0 Å². The van der Waals surface area contributed by atoms with E-state index in [1.807, 2.05) is 0 Å². The average molecular weight is 359 g/mol. The predicted octanol–water partition coefficient (Wildman–Crippen LogP) is 2.64. The molecule has 0 radical (unpaired) electrons. The Hall–Kier alpha value is -0.990. The fourth-order valence-corrected chi connectivity index (χ4v) is 1.98. The second-order valence-corrected chi connectivity index (χ2v) is 4.72. The first-order chi connectivity index (χ1) is 9.29. The summed E-state index contributed by atoms with van der Waals surface area (Å²) < 4.78 is 47.2. The van der Waals surface area contributed by atoms with E-state index in [4.69, 9.17) is 19.7 Å². The Bertz CT molecular complexity index is 451. The molecule has 0 bridgehead atoms. The van der Waals surface area contributed by atoms with Crippen LogP contribution in [0.4, 0.5) is 13.2 Å². The highest BCUT2D eigenvalue weighted by Crippen LogP contribution is 2.37. The fourth-order valence-electron chi connectivity index (χ4n) is 1.37. The van der Waals surface area contributed by atoms with Gasteiger partial charge < -0.3 is 19.7 Å². The summed E-state index contributed by atoms with van der Waals surface area (Å²) in [6.07, 6.45) is -7.33. The molecule has 0 saturated carbocycles. The van der Waals surface area contributed by atoms with Crippen molar-refractivity contribution in [2.75, 3.05) is 13.2 Å². The zero-order valence-corrected chi connectivity index (χ0v) is 12.2. The van der Waals surface area contributed by atoms with E-state index in [-0.39, 0.29) is 24.7 Å². The molecule has 0 heterocycles. The van der Waals surface area contributed by atoms with Crippen molar-refractivity contribution in [1.29, 1.82) is 0 Å². The van der Waals surface area contributed by atoms with Crippen molar-refractivity contribution in [2.45, 2.75) is 25.8 Å². The Labute approximate surface area is 122 Å². The third kappa shape index (κ3) is 4.53. The smallest absolute Gasteiger partial charge is 0.417 e. The third-order valence-electron chi connectivity index (χ3n) is 2.32. The third-order valence-corrected chi connectivity index (χ3v) is 2.90. The van der Waals surface area contributed by atoms with Gasteiger partial charge in [0.05, 0.1) is 17.7 Å². The van der Waals surface area contributed by atoms with Gasteiger partial charge in [-0.25, -0.2) is 0 Å². The van der Waals surface area contributed by atoms with E-state index in [0.717, 1.165) is 0 Å². The van der Waals surface area contributed by atoms with Crippen LogP contribution in [0.1, 0.15) is 12.5 Å². The van der Waals surface area contributed by atoms with Gasteiger partial charge in [0.2, 0.25) is 0 Å². The molecule has 2 N–H and O–H groups in total. The summed E-state index contributed by atoms with van der Waals surface area (Å²) in [6, 6.07) is 2.96. The van der Waals surface area contributed by atoms with Gasteiger partial charge in [-0.1, -0.05) is 0 Å². The molecule has 4 nitrogen and oxygen atoms in total. The molecule has 1 aromatic rings. The minimum Gasteiger partial charge on any atom is -0.490 e. The van der Waals surface area contributed by atoms with Crippen LogP contribution < -0.4 is 9.47 Å². The Morgan fingerprint density at radius 2 is 1.95 bits per heavy atom. The molecule has 1 aromatic carbocycles. The lowest BCUT2D eigenvalue weighted by Crippen LogP contribution is -2.34. The largest absolute Gasteiger partial charge is 0.490 e. The van der Waals surface area contributed by atoms with Gasteiger partial charge in [-0.2, -0.15) is 13.2 Å². The van der Waals surface area contributed by atoms with E-state index in [1.165, 1.54) is 12.1 Å². The van der Waals surface area contributed by atoms with Gasteiger partial charge in [0.15, 0.2) is 17.6 Å². The van der Waals surface area contributed by atoms with Crippen molar-refractivity contribution in [1.82, 2.24) is 0 Å². The first-order valence-corrected chi connectivity index (χ1v) is 6.52. The van der Waals surface area contributed by atoms with Crippen LogP contribution in [-0.4, -0.2) is 35.7 Å². The first-order valence-electron chi connectivity index (χ1n) is 5.73. The topological polar surface area (TPSA) is 58.9 Å². The van der Waals surface area contributed by atoms with Gasteiger partial charge in [0.1, 0.15) is 6.61 Å². The lowest BCUT2D eigenvalue weighted by atomic mass is 10.2. The average Bonchev–Trinajstić information content (AvgIpc) is 2.36. The quantitative estimate of drug-likeness (QED) is 0.820. The van der Waals surface area contributed by atoms with Crippen LogP contribution in [0.3, 0.4) is 0 Å². The molecule has 20 heavy (non-hydrogen) atoms. The van der Waals surface area contributed by atoms with Crippen molar-refractivity contribution >= 4 is 15.9 Å². The molecule has 1 atom stereocenters. The number of ether oxygens (including phenoxy) is 2. The molecule has 0 aromatic heterocycles. The van der Waals surface area contributed by atoms with Gasteiger partial charge in [0.25, 0.3) is 0 Å². The van der Waals surface area contributed by atoms with Crippen LogP contribution in [0.25, 0.3) is 0 Å².